The van der Waals surface area contributed by atoms with Crippen LogP contribution in [-0.2, 0) is 26.3 Å². The Morgan fingerprint density at radius 1 is 1.06 bits per heavy atom. The highest BCUT2D eigenvalue weighted by atomic mass is 35.5. The molecule has 0 aromatic heterocycles. The number of rotatable bonds is 11. The lowest BCUT2D eigenvalue weighted by Crippen LogP contribution is -2.53. The van der Waals surface area contributed by atoms with Gasteiger partial charge in [0.05, 0.1) is 5.69 Å². The van der Waals surface area contributed by atoms with Crippen LogP contribution in [0.25, 0.3) is 0 Å². The lowest BCUT2D eigenvalue weighted by Gasteiger charge is -2.33. The van der Waals surface area contributed by atoms with E-state index in [0.29, 0.717) is 16.3 Å². The lowest BCUT2D eigenvalue weighted by atomic mass is 10.1. The Kier molecular flexibility index (Phi) is 10.3. The second-order valence-corrected chi connectivity index (χ2v) is 11.7. The molecular formula is C26H37ClN4O4S. The summed E-state index contributed by atoms with van der Waals surface area (Å²) in [5.41, 5.74) is 2.71. The number of benzene rings is 2. The van der Waals surface area contributed by atoms with Crippen molar-refractivity contribution < 1.29 is 18.0 Å². The van der Waals surface area contributed by atoms with Crippen LogP contribution in [0.2, 0.25) is 5.02 Å². The van der Waals surface area contributed by atoms with Crippen molar-refractivity contribution in [3.63, 3.8) is 0 Å². The molecule has 0 bridgehead atoms. The van der Waals surface area contributed by atoms with Crippen molar-refractivity contribution in [2.75, 3.05) is 24.9 Å². The Morgan fingerprint density at radius 2 is 1.72 bits per heavy atom. The zero-order valence-electron chi connectivity index (χ0n) is 22.1. The van der Waals surface area contributed by atoms with Gasteiger partial charge in [-0.3, -0.25) is 9.59 Å². The molecule has 0 aliphatic heterocycles. The first kappa shape index (κ1) is 29.6. The summed E-state index contributed by atoms with van der Waals surface area (Å²) < 4.78 is 28.8. The Hall–Kier alpha value is -2.62. The summed E-state index contributed by atoms with van der Waals surface area (Å²) in [6.45, 7) is 8.77. The molecule has 0 fully saturated rings. The summed E-state index contributed by atoms with van der Waals surface area (Å²) in [4.78, 5) is 28.2. The summed E-state index contributed by atoms with van der Waals surface area (Å²) in [7, 11) is -1.17. The van der Waals surface area contributed by atoms with Gasteiger partial charge in [0.25, 0.3) is 0 Å². The maximum Gasteiger partial charge on any atom is 0.304 e. The van der Waals surface area contributed by atoms with Crippen molar-refractivity contribution >= 4 is 39.3 Å². The SMILES string of the molecule is CCC(C)NC(=O)C(C)N(Cc1cccc(Cl)c1)C(=O)CN(c1cc(C)ccc1C)S(=O)(=O)N(C)C. The van der Waals surface area contributed by atoms with Crippen LogP contribution in [0.4, 0.5) is 5.69 Å². The average Bonchev–Trinajstić information content (AvgIpc) is 2.81. The second-order valence-electron chi connectivity index (χ2n) is 9.23. The van der Waals surface area contributed by atoms with Crippen LogP contribution in [0.5, 0.6) is 0 Å². The molecule has 0 spiro atoms. The van der Waals surface area contributed by atoms with E-state index in [1.165, 1.54) is 19.0 Å². The Bertz CT molecular complexity index is 1190. The van der Waals surface area contributed by atoms with Crippen LogP contribution < -0.4 is 9.62 Å². The Balaban J connectivity index is 2.51. The molecule has 198 valence electrons. The number of nitrogens with zero attached hydrogens (tertiary/aromatic N) is 3. The van der Waals surface area contributed by atoms with Crippen LogP contribution in [0.1, 0.15) is 43.9 Å². The van der Waals surface area contributed by atoms with Gasteiger partial charge in [0.2, 0.25) is 11.8 Å². The van der Waals surface area contributed by atoms with E-state index in [1.54, 1.807) is 38.1 Å². The highest BCUT2D eigenvalue weighted by molar-refractivity contribution is 7.90. The minimum absolute atomic E-state index is 0.0661. The van der Waals surface area contributed by atoms with Crippen LogP contribution in [0, 0.1) is 13.8 Å². The molecule has 2 aromatic rings. The lowest BCUT2D eigenvalue weighted by molar-refractivity contribution is -0.139. The summed E-state index contributed by atoms with van der Waals surface area (Å²) in [6.07, 6.45) is 0.738. The second kappa shape index (κ2) is 12.6. The van der Waals surface area contributed by atoms with Gasteiger partial charge in [-0.05, 0) is 69.0 Å². The fourth-order valence-electron chi connectivity index (χ4n) is 3.57. The number of aryl methyl sites for hydroxylation is 2. The normalized spacial score (nSPS) is 13.2. The number of halogens is 1. The van der Waals surface area contributed by atoms with E-state index in [1.807, 2.05) is 39.0 Å². The zero-order valence-corrected chi connectivity index (χ0v) is 23.7. The van der Waals surface area contributed by atoms with Crippen LogP contribution in [0.15, 0.2) is 42.5 Å². The number of nitrogens with one attached hydrogen (secondary N) is 1. The molecule has 0 saturated heterocycles. The van der Waals surface area contributed by atoms with Crippen molar-refractivity contribution in [1.29, 1.82) is 0 Å². The predicted octanol–water partition coefficient (Wildman–Crippen LogP) is 3.90. The smallest absolute Gasteiger partial charge is 0.304 e. The molecule has 0 aliphatic rings. The maximum atomic E-state index is 13.8. The Morgan fingerprint density at radius 3 is 2.31 bits per heavy atom. The molecule has 0 saturated carbocycles. The molecule has 0 aliphatic carbocycles. The van der Waals surface area contributed by atoms with Crippen LogP contribution in [-0.4, -0.2) is 62.2 Å². The van der Waals surface area contributed by atoms with E-state index in [9.17, 15) is 18.0 Å². The van der Waals surface area contributed by atoms with Gasteiger partial charge in [-0.2, -0.15) is 12.7 Å². The minimum Gasteiger partial charge on any atom is -0.352 e. The van der Waals surface area contributed by atoms with Gasteiger partial charge in [-0.25, -0.2) is 4.31 Å². The molecule has 0 radical (unpaired) electrons. The monoisotopic (exact) mass is 536 g/mol. The van der Waals surface area contributed by atoms with Gasteiger partial charge in [0, 0.05) is 31.7 Å². The molecule has 2 aromatic carbocycles. The topological polar surface area (TPSA) is 90.0 Å². The third kappa shape index (κ3) is 7.44. The minimum atomic E-state index is -4.01. The molecule has 1 N–H and O–H groups in total. The fourth-order valence-corrected chi connectivity index (χ4v) is 4.90. The summed E-state index contributed by atoms with van der Waals surface area (Å²) in [5, 5.41) is 3.42. The highest BCUT2D eigenvalue weighted by Gasteiger charge is 2.33. The molecule has 10 heteroatoms. The molecule has 8 nitrogen and oxygen atoms in total. The predicted molar refractivity (Wildman–Crippen MR) is 145 cm³/mol. The summed E-state index contributed by atoms with van der Waals surface area (Å²) >= 11 is 6.15. The van der Waals surface area contributed by atoms with E-state index >= 15 is 0 Å². The number of anilines is 1. The van der Waals surface area contributed by atoms with Gasteiger partial charge in [-0.15, -0.1) is 0 Å². The van der Waals surface area contributed by atoms with E-state index in [2.05, 4.69) is 5.32 Å². The van der Waals surface area contributed by atoms with E-state index in [-0.39, 0.29) is 18.5 Å². The summed E-state index contributed by atoms with van der Waals surface area (Å²) in [5.74, 6) is -0.818. The van der Waals surface area contributed by atoms with Crippen molar-refractivity contribution in [3.05, 3.63) is 64.2 Å². The maximum absolute atomic E-state index is 13.8. The van der Waals surface area contributed by atoms with Crippen LogP contribution >= 0.6 is 11.6 Å². The first-order chi connectivity index (χ1) is 16.8. The van der Waals surface area contributed by atoms with Gasteiger partial charge >= 0.3 is 10.2 Å². The number of carbonyl (C=O) groups is 2. The number of hydrogen-bond acceptors (Lipinski definition) is 4. The fraction of sp³-hybridized carbons (Fsp3) is 0.462. The first-order valence-electron chi connectivity index (χ1n) is 11.9. The van der Waals surface area contributed by atoms with Gasteiger partial charge < -0.3 is 10.2 Å². The van der Waals surface area contributed by atoms with Gasteiger partial charge in [0.1, 0.15) is 12.6 Å². The largest absolute Gasteiger partial charge is 0.352 e. The van der Waals surface area contributed by atoms with Crippen LogP contribution in [0.3, 0.4) is 0 Å². The molecule has 2 atom stereocenters. The third-order valence-electron chi connectivity index (χ3n) is 6.06. The van der Waals surface area contributed by atoms with Gasteiger partial charge in [0.15, 0.2) is 0 Å². The molecule has 36 heavy (non-hydrogen) atoms. The highest BCUT2D eigenvalue weighted by Crippen LogP contribution is 2.26. The quantitative estimate of drug-likeness (QED) is 0.471. The van der Waals surface area contributed by atoms with Crippen molar-refractivity contribution in [3.8, 4) is 0 Å². The van der Waals surface area contributed by atoms with E-state index < -0.39 is 28.7 Å². The molecule has 2 amide bonds. The van der Waals surface area contributed by atoms with Gasteiger partial charge in [-0.1, -0.05) is 42.8 Å². The van der Waals surface area contributed by atoms with Crippen molar-refractivity contribution in [2.45, 2.75) is 59.7 Å². The summed E-state index contributed by atoms with van der Waals surface area (Å²) in [6, 6.07) is 11.6. The third-order valence-corrected chi connectivity index (χ3v) is 8.10. The van der Waals surface area contributed by atoms with E-state index in [4.69, 9.17) is 11.6 Å². The molecule has 2 rings (SSSR count). The standard InChI is InChI=1S/C26H37ClN4O4S/c1-8-20(4)28-26(33)21(5)30(16-22-10-9-11-23(27)15-22)25(32)17-31(36(34,35)29(6)7)24-14-18(2)12-13-19(24)3/h9-15,20-21H,8,16-17H2,1-7H3,(H,28,33). The average molecular weight is 537 g/mol. The molecule has 0 heterocycles. The van der Waals surface area contributed by atoms with Crippen molar-refractivity contribution in [2.24, 2.45) is 0 Å². The Labute approximate surface area is 220 Å². The number of hydrogen-bond donors (Lipinski definition) is 1. The van der Waals surface area contributed by atoms with E-state index in [0.717, 1.165) is 26.2 Å². The molecule has 2 unspecified atom stereocenters. The number of carbonyl (C=O) groups excluding carboxylic acids is 2. The zero-order chi connectivity index (χ0) is 27.2. The molecular weight excluding hydrogens is 500 g/mol. The first-order valence-corrected chi connectivity index (χ1v) is 13.7. The van der Waals surface area contributed by atoms with Crippen molar-refractivity contribution in [1.82, 2.24) is 14.5 Å². The number of amides is 2.